The third kappa shape index (κ3) is 1.83. The number of phenolic OH excluding ortho intramolecular Hbond substituents is 1. The number of nitrogens with zero attached hydrogens (tertiary/aromatic N) is 1. The summed E-state index contributed by atoms with van der Waals surface area (Å²) in [5.41, 5.74) is 0.214. The van der Waals surface area contributed by atoms with Crippen LogP contribution in [0.5, 0.6) is 5.75 Å². The van der Waals surface area contributed by atoms with E-state index in [1.165, 1.54) is 12.1 Å². The number of hydrogen-bond acceptors (Lipinski definition) is 3. The summed E-state index contributed by atoms with van der Waals surface area (Å²) in [5.74, 6) is -1.26. The molecule has 5 heteroatoms. The fraction of sp³-hybridized carbons (Fsp3) is 0.333. The summed E-state index contributed by atoms with van der Waals surface area (Å²) in [7, 11) is 0. The van der Waals surface area contributed by atoms with Crippen molar-refractivity contribution in [3.8, 4) is 5.75 Å². The molecule has 104 valence electrons. The zero-order valence-electron chi connectivity index (χ0n) is 10.9. The lowest BCUT2D eigenvalue weighted by molar-refractivity contribution is -0.122. The van der Waals surface area contributed by atoms with Gasteiger partial charge in [0.2, 0.25) is 11.8 Å². The van der Waals surface area contributed by atoms with Crippen molar-refractivity contribution < 1.29 is 14.7 Å². The highest BCUT2D eigenvalue weighted by Crippen LogP contribution is 2.42. The van der Waals surface area contributed by atoms with Gasteiger partial charge in [-0.05, 0) is 24.5 Å². The maximum atomic E-state index is 12.5. The van der Waals surface area contributed by atoms with Gasteiger partial charge in [0.25, 0.3) is 0 Å². The lowest BCUT2D eigenvalue weighted by atomic mass is 9.78. The predicted molar refractivity (Wildman–Crippen MR) is 75.5 cm³/mol. The second-order valence-electron chi connectivity index (χ2n) is 5.30. The third-order valence-corrected chi connectivity index (χ3v) is 4.29. The van der Waals surface area contributed by atoms with E-state index < -0.39 is 0 Å². The molecule has 0 saturated carbocycles. The molecule has 1 aliphatic heterocycles. The van der Waals surface area contributed by atoms with Crippen LogP contribution in [0.25, 0.3) is 0 Å². The Balaban J connectivity index is 2.03. The highest BCUT2D eigenvalue weighted by atomic mass is 35.5. The number of carbonyl (C=O) groups is 2. The second kappa shape index (κ2) is 4.63. The number of fused-ring (bicyclic) bond motifs is 1. The smallest absolute Gasteiger partial charge is 0.238 e. The first-order valence-corrected chi connectivity index (χ1v) is 6.91. The number of amides is 2. The molecular formula is C15H14ClNO3. The van der Waals surface area contributed by atoms with Crippen molar-refractivity contribution in [2.75, 3.05) is 4.90 Å². The van der Waals surface area contributed by atoms with Gasteiger partial charge >= 0.3 is 0 Å². The first-order valence-electron chi connectivity index (χ1n) is 6.53. The van der Waals surface area contributed by atoms with Crippen LogP contribution in [-0.4, -0.2) is 16.9 Å². The Hall–Kier alpha value is -1.81. The molecule has 0 unspecified atom stereocenters. The molecule has 1 aliphatic carbocycles. The van der Waals surface area contributed by atoms with Crippen LogP contribution in [0.15, 0.2) is 30.4 Å². The Morgan fingerprint density at radius 1 is 1.30 bits per heavy atom. The Bertz CT molecular complexity index is 626. The largest absolute Gasteiger partial charge is 0.506 e. The molecule has 20 heavy (non-hydrogen) atoms. The summed E-state index contributed by atoms with van der Waals surface area (Å²) in [6.45, 7) is 1.93. The summed E-state index contributed by atoms with van der Waals surface area (Å²) < 4.78 is 0. The SMILES string of the molecule is C[C@@H]1C=CC[C@H]2C(=O)N(c3ccc(Cl)cc3O)C(=O)[C@H]12. The number of imide groups is 1. The lowest BCUT2D eigenvalue weighted by Crippen LogP contribution is -2.31. The van der Waals surface area contributed by atoms with Crippen LogP contribution in [0.3, 0.4) is 0 Å². The minimum atomic E-state index is -0.331. The van der Waals surface area contributed by atoms with Crippen molar-refractivity contribution in [2.24, 2.45) is 17.8 Å². The molecule has 1 heterocycles. The number of hydrogen-bond donors (Lipinski definition) is 1. The van der Waals surface area contributed by atoms with Crippen LogP contribution < -0.4 is 4.90 Å². The van der Waals surface area contributed by atoms with Gasteiger partial charge in [-0.15, -0.1) is 0 Å². The summed E-state index contributed by atoms with van der Waals surface area (Å²) in [4.78, 5) is 26.1. The quantitative estimate of drug-likeness (QED) is 0.639. The van der Waals surface area contributed by atoms with Gasteiger partial charge in [0, 0.05) is 11.1 Å². The van der Waals surface area contributed by atoms with Crippen molar-refractivity contribution in [1.29, 1.82) is 0 Å². The average Bonchev–Trinajstić information content (AvgIpc) is 2.64. The molecule has 1 aromatic carbocycles. The zero-order chi connectivity index (χ0) is 14.4. The highest BCUT2D eigenvalue weighted by molar-refractivity contribution is 6.31. The van der Waals surface area contributed by atoms with Gasteiger partial charge in [0.15, 0.2) is 0 Å². The Morgan fingerprint density at radius 2 is 2.05 bits per heavy atom. The maximum Gasteiger partial charge on any atom is 0.238 e. The number of rotatable bonds is 1. The predicted octanol–water partition coefficient (Wildman–Crippen LogP) is 2.75. The van der Waals surface area contributed by atoms with Gasteiger partial charge < -0.3 is 5.11 Å². The minimum Gasteiger partial charge on any atom is -0.506 e. The molecule has 1 aromatic rings. The van der Waals surface area contributed by atoms with Gasteiger partial charge in [-0.25, -0.2) is 4.90 Å². The number of halogens is 1. The van der Waals surface area contributed by atoms with E-state index >= 15 is 0 Å². The van der Waals surface area contributed by atoms with Crippen LogP contribution >= 0.6 is 11.6 Å². The fourth-order valence-corrected chi connectivity index (χ4v) is 3.24. The van der Waals surface area contributed by atoms with Crippen molar-refractivity contribution >= 4 is 29.1 Å². The van der Waals surface area contributed by atoms with Gasteiger partial charge in [-0.3, -0.25) is 9.59 Å². The van der Waals surface area contributed by atoms with E-state index in [9.17, 15) is 14.7 Å². The van der Waals surface area contributed by atoms with Crippen LogP contribution in [0.4, 0.5) is 5.69 Å². The maximum absolute atomic E-state index is 12.5. The first kappa shape index (κ1) is 13.2. The Labute approximate surface area is 121 Å². The van der Waals surface area contributed by atoms with E-state index in [1.54, 1.807) is 6.07 Å². The molecule has 0 bridgehead atoms. The number of phenols is 1. The van der Waals surface area contributed by atoms with E-state index in [0.29, 0.717) is 11.4 Å². The molecule has 3 rings (SSSR count). The normalized spacial score (nSPS) is 28.9. The molecule has 1 saturated heterocycles. The van der Waals surface area contributed by atoms with Crippen LogP contribution in [0.1, 0.15) is 13.3 Å². The number of carbonyl (C=O) groups excluding carboxylic acids is 2. The average molecular weight is 292 g/mol. The van der Waals surface area contributed by atoms with Crippen molar-refractivity contribution in [2.45, 2.75) is 13.3 Å². The number of allylic oxidation sites excluding steroid dienone is 2. The van der Waals surface area contributed by atoms with E-state index in [2.05, 4.69) is 0 Å². The molecule has 3 atom stereocenters. The molecule has 0 radical (unpaired) electrons. The zero-order valence-corrected chi connectivity index (χ0v) is 11.7. The van der Waals surface area contributed by atoms with Gasteiger partial charge in [0.1, 0.15) is 5.75 Å². The van der Waals surface area contributed by atoms with Crippen molar-refractivity contribution in [3.05, 3.63) is 35.4 Å². The topological polar surface area (TPSA) is 57.6 Å². The lowest BCUT2D eigenvalue weighted by Gasteiger charge is -2.22. The summed E-state index contributed by atoms with van der Waals surface area (Å²) >= 11 is 5.78. The van der Waals surface area contributed by atoms with Crippen molar-refractivity contribution in [1.82, 2.24) is 0 Å². The van der Waals surface area contributed by atoms with Crippen LogP contribution in [0.2, 0.25) is 5.02 Å². The molecule has 0 spiro atoms. The first-order chi connectivity index (χ1) is 9.50. The number of aromatic hydroxyl groups is 1. The van der Waals surface area contributed by atoms with E-state index in [1.807, 2.05) is 19.1 Å². The van der Waals surface area contributed by atoms with Crippen LogP contribution in [0, 0.1) is 17.8 Å². The highest BCUT2D eigenvalue weighted by Gasteiger charge is 2.50. The third-order valence-electron chi connectivity index (χ3n) is 4.05. The van der Waals surface area contributed by atoms with Crippen molar-refractivity contribution in [3.63, 3.8) is 0 Å². The molecule has 4 nitrogen and oxygen atoms in total. The molecule has 2 aliphatic rings. The molecule has 2 amide bonds. The molecule has 1 fully saturated rings. The minimum absolute atomic E-state index is 0.0321. The number of benzene rings is 1. The standard InChI is InChI=1S/C15H14ClNO3/c1-8-3-2-4-10-13(8)15(20)17(14(10)19)11-6-5-9(16)7-12(11)18/h2-3,5-8,10,13,18H,4H2,1H3/t8-,10-,13-/m1/s1. The van der Waals surface area contributed by atoms with E-state index in [0.717, 1.165) is 4.90 Å². The fourth-order valence-electron chi connectivity index (χ4n) is 3.07. The summed E-state index contributed by atoms with van der Waals surface area (Å²) in [6, 6.07) is 4.39. The molecular weight excluding hydrogens is 278 g/mol. The molecule has 1 N–H and O–H groups in total. The second-order valence-corrected chi connectivity index (χ2v) is 5.74. The molecule has 0 aromatic heterocycles. The van der Waals surface area contributed by atoms with Crippen LogP contribution in [-0.2, 0) is 9.59 Å². The summed E-state index contributed by atoms with van der Waals surface area (Å²) in [6.07, 6.45) is 4.49. The Morgan fingerprint density at radius 3 is 2.70 bits per heavy atom. The Kier molecular flexibility index (Phi) is 3.05. The van der Waals surface area contributed by atoms with Gasteiger partial charge in [-0.2, -0.15) is 0 Å². The van der Waals surface area contributed by atoms with E-state index in [4.69, 9.17) is 11.6 Å². The van der Waals surface area contributed by atoms with Gasteiger partial charge in [0.05, 0.1) is 17.5 Å². The van der Waals surface area contributed by atoms with E-state index in [-0.39, 0.29) is 41.0 Å². The number of anilines is 1. The monoisotopic (exact) mass is 291 g/mol. The van der Waals surface area contributed by atoms with Gasteiger partial charge in [-0.1, -0.05) is 30.7 Å². The summed E-state index contributed by atoms with van der Waals surface area (Å²) in [5, 5.41) is 10.3.